The fourth-order valence-corrected chi connectivity index (χ4v) is 2.59. The predicted octanol–water partition coefficient (Wildman–Crippen LogP) is 3.31. The van der Waals surface area contributed by atoms with Gasteiger partial charge in [-0.05, 0) is 23.6 Å². The smallest absolute Gasteiger partial charge is 0.142 e. The number of hydrogen-bond acceptors (Lipinski definition) is 2. The summed E-state index contributed by atoms with van der Waals surface area (Å²) in [5, 5.41) is 9.47. The maximum Gasteiger partial charge on any atom is 0.142 e. The summed E-state index contributed by atoms with van der Waals surface area (Å²) in [5.74, 6) is 0. The predicted molar refractivity (Wildman–Crippen MR) is 72.3 cm³/mol. The van der Waals surface area contributed by atoms with Crippen LogP contribution in [0.2, 0.25) is 0 Å². The molecule has 0 radical (unpaired) electrons. The van der Waals surface area contributed by atoms with E-state index in [4.69, 9.17) is 0 Å². The number of para-hydroxylation sites is 1. The Bertz CT molecular complexity index is 584. The molecule has 2 aromatic carbocycles. The summed E-state index contributed by atoms with van der Waals surface area (Å²) in [6.45, 7) is 0.923. The molecule has 1 aliphatic rings. The van der Waals surface area contributed by atoms with Gasteiger partial charge in [0.05, 0.1) is 6.07 Å². The van der Waals surface area contributed by atoms with Crippen LogP contribution in [-0.2, 0) is 6.42 Å². The minimum Gasteiger partial charge on any atom is -0.351 e. The average molecular weight is 234 g/mol. The molecule has 2 heteroatoms. The van der Waals surface area contributed by atoms with Crippen molar-refractivity contribution >= 4 is 5.69 Å². The summed E-state index contributed by atoms with van der Waals surface area (Å²) >= 11 is 0. The molecule has 0 saturated carbocycles. The monoisotopic (exact) mass is 234 g/mol. The SMILES string of the molecule is N#CC(c1ccccc1)N1CCc2ccccc21. The fourth-order valence-electron chi connectivity index (χ4n) is 2.59. The minimum atomic E-state index is -0.185. The Balaban J connectivity index is 1.99. The molecule has 18 heavy (non-hydrogen) atoms. The number of rotatable bonds is 2. The van der Waals surface area contributed by atoms with Gasteiger partial charge in [-0.3, -0.25) is 0 Å². The first-order valence-electron chi connectivity index (χ1n) is 6.19. The summed E-state index contributed by atoms with van der Waals surface area (Å²) < 4.78 is 0. The number of fused-ring (bicyclic) bond motifs is 1. The van der Waals surface area contributed by atoms with Crippen LogP contribution in [0.1, 0.15) is 17.2 Å². The van der Waals surface area contributed by atoms with Crippen LogP contribution in [0.5, 0.6) is 0 Å². The van der Waals surface area contributed by atoms with Crippen LogP contribution in [0, 0.1) is 11.3 Å². The molecule has 0 N–H and O–H groups in total. The highest BCUT2D eigenvalue weighted by atomic mass is 15.2. The van der Waals surface area contributed by atoms with E-state index in [9.17, 15) is 5.26 Å². The lowest BCUT2D eigenvalue weighted by Gasteiger charge is -2.25. The molecular weight excluding hydrogens is 220 g/mol. The van der Waals surface area contributed by atoms with Gasteiger partial charge >= 0.3 is 0 Å². The van der Waals surface area contributed by atoms with Crippen molar-refractivity contribution in [1.29, 1.82) is 5.26 Å². The van der Waals surface area contributed by atoms with Crippen LogP contribution in [0.3, 0.4) is 0 Å². The number of nitriles is 1. The molecule has 0 saturated heterocycles. The zero-order valence-electron chi connectivity index (χ0n) is 10.1. The Kier molecular flexibility index (Phi) is 2.74. The first-order chi connectivity index (χ1) is 8.90. The second kappa shape index (κ2) is 4.54. The van der Waals surface area contributed by atoms with E-state index in [2.05, 4.69) is 29.2 Å². The van der Waals surface area contributed by atoms with E-state index in [-0.39, 0.29) is 6.04 Å². The Hall–Kier alpha value is -2.27. The number of benzene rings is 2. The summed E-state index contributed by atoms with van der Waals surface area (Å²) in [4.78, 5) is 2.20. The zero-order valence-corrected chi connectivity index (χ0v) is 10.1. The molecule has 2 aromatic rings. The summed E-state index contributed by atoms with van der Waals surface area (Å²) in [5.41, 5.74) is 3.61. The third kappa shape index (κ3) is 1.74. The number of anilines is 1. The van der Waals surface area contributed by atoms with E-state index in [1.807, 2.05) is 36.4 Å². The van der Waals surface area contributed by atoms with E-state index < -0.39 is 0 Å². The lowest BCUT2D eigenvalue weighted by Crippen LogP contribution is -2.25. The van der Waals surface area contributed by atoms with Gasteiger partial charge in [0.25, 0.3) is 0 Å². The van der Waals surface area contributed by atoms with Crippen LogP contribution in [0.4, 0.5) is 5.69 Å². The minimum absolute atomic E-state index is 0.185. The van der Waals surface area contributed by atoms with Crippen molar-refractivity contribution in [2.24, 2.45) is 0 Å². The molecule has 1 aliphatic heterocycles. The first-order valence-corrected chi connectivity index (χ1v) is 6.19. The zero-order chi connectivity index (χ0) is 12.4. The second-order valence-corrected chi connectivity index (χ2v) is 4.51. The van der Waals surface area contributed by atoms with Crippen molar-refractivity contribution in [2.75, 3.05) is 11.4 Å². The van der Waals surface area contributed by atoms with Gasteiger partial charge in [0, 0.05) is 12.2 Å². The molecule has 0 aliphatic carbocycles. The molecule has 0 fully saturated rings. The van der Waals surface area contributed by atoms with Crippen molar-refractivity contribution in [3.05, 3.63) is 65.7 Å². The van der Waals surface area contributed by atoms with E-state index >= 15 is 0 Å². The Morgan fingerprint density at radius 3 is 2.50 bits per heavy atom. The third-order valence-corrected chi connectivity index (χ3v) is 3.47. The Morgan fingerprint density at radius 1 is 1.00 bits per heavy atom. The van der Waals surface area contributed by atoms with Crippen LogP contribution in [0.15, 0.2) is 54.6 Å². The molecule has 3 rings (SSSR count). The summed E-state index contributed by atoms with van der Waals surface area (Å²) in [6, 6.07) is 20.6. The lowest BCUT2D eigenvalue weighted by molar-refractivity contribution is 0.763. The maximum atomic E-state index is 9.47. The highest BCUT2D eigenvalue weighted by molar-refractivity contribution is 5.60. The second-order valence-electron chi connectivity index (χ2n) is 4.51. The van der Waals surface area contributed by atoms with Gasteiger partial charge in [-0.15, -0.1) is 0 Å². The molecule has 0 spiro atoms. The molecule has 88 valence electrons. The summed E-state index contributed by atoms with van der Waals surface area (Å²) in [6.07, 6.45) is 1.03. The quantitative estimate of drug-likeness (QED) is 0.797. The number of hydrogen-bond donors (Lipinski definition) is 0. The standard InChI is InChI=1S/C16H14N2/c17-12-16(13-6-2-1-3-7-13)18-11-10-14-8-4-5-9-15(14)18/h1-9,16H,10-11H2. The lowest BCUT2D eigenvalue weighted by atomic mass is 10.1. The van der Waals surface area contributed by atoms with E-state index in [0.717, 1.165) is 18.5 Å². The van der Waals surface area contributed by atoms with Gasteiger partial charge in [0.2, 0.25) is 0 Å². The summed E-state index contributed by atoms with van der Waals surface area (Å²) in [7, 11) is 0. The van der Waals surface area contributed by atoms with Crippen LogP contribution in [0.25, 0.3) is 0 Å². The van der Waals surface area contributed by atoms with Gasteiger partial charge < -0.3 is 4.90 Å². The Morgan fingerprint density at radius 2 is 1.72 bits per heavy atom. The largest absolute Gasteiger partial charge is 0.351 e. The van der Waals surface area contributed by atoms with Crippen molar-refractivity contribution in [2.45, 2.75) is 12.5 Å². The molecular formula is C16H14N2. The highest BCUT2D eigenvalue weighted by Gasteiger charge is 2.26. The van der Waals surface area contributed by atoms with Crippen LogP contribution in [-0.4, -0.2) is 6.54 Å². The van der Waals surface area contributed by atoms with Gasteiger partial charge in [-0.25, -0.2) is 0 Å². The highest BCUT2D eigenvalue weighted by Crippen LogP contribution is 2.34. The fraction of sp³-hybridized carbons (Fsp3) is 0.188. The molecule has 1 unspecified atom stereocenters. The van der Waals surface area contributed by atoms with E-state index in [0.29, 0.717) is 0 Å². The molecule has 2 nitrogen and oxygen atoms in total. The third-order valence-electron chi connectivity index (χ3n) is 3.47. The molecule has 0 aromatic heterocycles. The van der Waals surface area contributed by atoms with Crippen LogP contribution >= 0.6 is 0 Å². The van der Waals surface area contributed by atoms with Gasteiger partial charge in [-0.2, -0.15) is 5.26 Å². The molecule has 1 atom stereocenters. The van der Waals surface area contributed by atoms with Gasteiger partial charge in [-0.1, -0.05) is 48.5 Å². The van der Waals surface area contributed by atoms with Crippen molar-refractivity contribution in [1.82, 2.24) is 0 Å². The molecule has 1 heterocycles. The first kappa shape index (κ1) is 10.9. The van der Waals surface area contributed by atoms with Crippen molar-refractivity contribution in [3.63, 3.8) is 0 Å². The van der Waals surface area contributed by atoms with Crippen molar-refractivity contribution in [3.8, 4) is 6.07 Å². The maximum absolute atomic E-state index is 9.47. The molecule has 0 bridgehead atoms. The van der Waals surface area contributed by atoms with E-state index in [1.54, 1.807) is 0 Å². The normalized spacial score (nSPS) is 14.9. The topological polar surface area (TPSA) is 27.0 Å². The van der Waals surface area contributed by atoms with Gasteiger partial charge in [0.15, 0.2) is 0 Å². The molecule has 0 amide bonds. The Labute approximate surface area is 107 Å². The number of nitrogens with zero attached hydrogens (tertiary/aromatic N) is 2. The van der Waals surface area contributed by atoms with E-state index in [1.165, 1.54) is 11.3 Å². The van der Waals surface area contributed by atoms with Gasteiger partial charge in [0.1, 0.15) is 6.04 Å². The van der Waals surface area contributed by atoms with Crippen LogP contribution < -0.4 is 4.90 Å². The average Bonchev–Trinajstić information content (AvgIpc) is 2.85. The van der Waals surface area contributed by atoms with Crippen molar-refractivity contribution < 1.29 is 0 Å².